The molecule has 0 spiro atoms. The molecule has 3 nitrogen and oxygen atoms in total. The Labute approximate surface area is 104 Å². The molecule has 0 aliphatic heterocycles. The fourth-order valence-electron chi connectivity index (χ4n) is 1.78. The summed E-state index contributed by atoms with van der Waals surface area (Å²) < 4.78 is 5.12. The molecule has 0 amide bonds. The average Bonchev–Trinajstić information content (AvgIpc) is 2.29. The van der Waals surface area contributed by atoms with Crippen molar-refractivity contribution in [3.63, 3.8) is 0 Å². The van der Waals surface area contributed by atoms with E-state index < -0.39 is 0 Å². The minimum absolute atomic E-state index is 0.190. The van der Waals surface area contributed by atoms with Crippen molar-refractivity contribution in [1.82, 2.24) is 4.90 Å². The second-order valence-electron chi connectivity index (χ2n) is 4.58. The lowest BCUT2D eigenvalue weighted by Gasteiger charge is -2.17. The van der Waals surface area contributed by atoms with E-state index in [2.05, 4.69) is 24.1 Å². The summed E-state index contributed by atoms with van der Waals surface area (Å²) in [5.41, 5.74) is 1.28. The van der Waals surface area contributed by atoms with Crippen LogP contribution in [0.3, 0.4) is 0 Å². The van der Waals surface area contributed by atoms with Crippen LogP contribution in [0, 0.1) is 0 Å². The van der Waals surface area contributed by atoms with Gasteiger partial charge in [-0.2, -0.15) is 0 Å². The second kappa shape index (κ2) is 7.30. The number of nitrogens with zero attached hydrogens (tertiary/aromatic N) is 1. The molecular formula is C14H23NO2. The predicted molar refractivity (Wildman–Crippen MR) is 70.2 cm³/mol. The van der Waals surface area contributed by atoms with E-state index in [1.54, 1.807) is 7.11 Å². The molecule has 1 aromatic rings. The Bertz CT molecular complexity index is 309. The van der Waals surface area contributed by atoms with Crippen LogP contribution in [-0.4, -0.2) is 36.8 Å². The van der Waals surface area contributed by atoms with E-state index in [9.17, 15) is 5.11 Å². The molecule has 0 aliphatic rings. The minimum atomic E-state index is -0.190. The van der Waals surface area contributed by atoms with Gasteiger partial charge in [0.15, 0.2) is 0 Å². The van der Waals surface area contributed by atoms with E-state index >= 15 is 0 Å². The number of aliphatic hydroxyl groups is 1. The molecule has 0 aliphatic carbocycles. The zero-order chi connectivity index (χ0) is 12.7. The van der Waals surface area contributed by atoms with Crippen LogP contribution in [0.5, 0.6) is 5.75 Å². The summed E-state index contributed by atoms with van der Waals surface area (Å²) >= 11 is 0. The largest absolute Gasteiger partial charge is 0.497 e. The van der Waals surface area contributed by atoms with Gasteiger partial charge in [-0.1, -0.05) is 12.1 Å². The van der Waals surface area contributed by atoms with Gasteiger partial charge in [-0.05, 0) is 51.1 Å². The highest BCUT2D eigenvalue weighted by molar-refractivity contribution is 5.26. The van der Waals surface area contributed by atoms with Gasteiger partial charge in [0.2, 0.25) is 0 Å². The maximum absolute atomic E-state index is 9.18. The van der Waals surface area contributed by atoms with Crippen LogP contribution in [0.4, 0.5) is 0 Å². The third kappa shape index (κ3) is 5.71. The molecule has 0 fully saturated rings. The van der Waals surface area contributed by atoms with Gasteiger partial charge in [-0.3, -0.25) is 0 Å². The van der Waals surface area contributed by atoms with E-state index in [0.717, 1.165) is 31.7 Å². The molecule has 1 rings (SSSR count). The van der Waals surface area contributed by atoms with E-state index in [1.165, 1.54) is 5.56 Å². The van der Waals surface area contributed by atoms with Crippen LogP contribution in [0.15, 0.2) is 24.3 Å². The van der Waals surface area contributed by atoms with Gasteiger partial charge in [0.1, 0.15) is 5.75 Å². The Hall–Kier alpha value is -1.06. The Balaban J connectivity index is 2.31. The third-order valence-electron chi connectivity index (χ3n) is 2.77. The van der Waals surface area contributed by atoms with Crippen molar-refractivity contribution in [1.29, 1.82) is 0 Å². The Morgan fingerprint density at radius 1 is 1.29 bits per heavy atom. The highest BCUT2D eigenvalue weighted by Gasteiger charge is 2.02. The molecule has 1 unspecified atom stereocenters. The molecule has 0 bridgehead atoms. The normalized spacial score (nSPS) is 12.8. The summed E-state index contributed by atoms with van der Waals surface area (Å²) in [6.07, 6.45) is 1.71. The molecule has 1 atom stereocenters. The lowest BCUT2D eigenvalue weighted by atomic mass is 10.2. The smallest absolute Gasteiger partial charge is 0.118 e. The number of hydrogen-bond donors (Lipinski definition) is 1. The Kier molecular flexibility index (Phi) is 6.01. The minimum Gasteiger partial charge on any atom is -0.497 e. The number of rotatable bonds is 7. The maximum Gasteiger partial charge on any atom is 0.118 e. The summed E-state index contributed by atoms with van der Waals surface area (Å²) in [5, 5.41) is 9.18. The SMILES string of the molecule is COc1ccc(CN(C)CCCC(C)O)cc1. The van der Waals surface area contributed by atoms with Crippen molar-refractivity contribution < 1.29 is 9.84 Å². The van der Waals surface area contributed by atoms with Gasteiger partial charge < -0.3 is 14.7 Å². The van der Waals surface area contributed by atoms with Crippen LogP contribution in [0.25, 0.3) is 0 Å². The summed E-state index contributed by atoms with van der Waals surface area (Å²) in [6, 6.07) is 8.14. The fourth-order valence-corrected chi connectivity index (χ4v) is 1.78. The van der Waals surface area contributed by atoms with Crippen molar-refractivity contribution >= 4 is 0 Å². The molecule has 17 heavy (non-hydrogen) atoms. The Morgan fingerprint density at radius 2 is 1.94 bits per heavy atom. The first-order chi connectivity index (χ1) is 8.11. The highest BCUT2D eigenvalue weighted by Crippen LogP contribution is 2.12. The zero-order valence-corrected chi connectivity index (χ0v) is 11.0. The van der Waals surface area contributed by atoms with Gasteiger partial charge >= 0.3 is 0 Å². The molecule has 1 aromatic carbocycles. The first kappa shape index (κ1) is 14.0. The quantitative estimate of drug-likeness (QED) is 0.789. The first-order valence-electron chi connectivity index (χ1n) is 6.11. The third-order valence-corrected chi connectivity index (χ3v) is 2.77. The van der Waals surface area contributed by atoms with Gasteiger partial charge in [-0.25, -0.2) is 0 Å². The van der Waals surface area contributed by atoms with Crippen LogP contribution in [-0.2, 0) is 6.54 Å². The van der Waals surface area contributed by atoms with E-state index in [4.69, 9.17) is 4.74 Å². The molecule has 0 radical (unpaired) electrons. The van der Waals surface area contributed by atoms with Gasteiger partial charge in [0.05, 0.1) is 13.2 Å². The predicted octanol–water partition coefficient (Wildman–Crippen LogP) is 2.29. The summed E-state index contributed by atoms with van der Waals surface area (Å²) in [7, 11) is 3.78. The molecular weight excluding hydrogens is 214 g/mol. The van der Waals surface area contributed by atoms with Crippen molar-refractivity contribution in [3.8, 4) is 5.75 Å². The Morgan fingerprint density at radius 3 is 2.47 bits per heavy atom. The van der Waals surface area contributed by atoms with Crippen molar-refractivity contribution in [2.75, 3.05) is 20.7 Å². The van der Waals surface area contributed by atoms with E-state index in [1.807, 2.05) is 19.1 Å². The number of ether oxygens (including phenoxy) is 1. The zero-order valence-electron chi connectivity index (χ0n) is 11.0. The van der Waals surface area contributed by atoms with Crippen LogP contribution < -0.4 is 4.74 Å². The summed E-state index contributed by atoms with van der Waals surface area (Å²) in [5.74, 6) is 0.894. The van der Waals surface area contributed by atoms with Gasteiger partial charge in [0, 0.05) is 6.54 Å². The van der Waals surface area contributed by atoms with Crippen LogP contribution >= 0.6 is 0 Å². The molecule has 3 heteroatoms. The summed E-state index contributed by atoms with van der Waals surface area (Å²) in [6.45, 7) is 3.78. The lowest BCUT2D eigenvalue weighted by Crippen LogP contribution is -2.20. The topological polar surface area (TPSA) is 32.7 Å². The molecule has 96 valence electrons. The number of benzene rings is 1. The van der Waals surface area contributed by atoms with Crippen LogP contribution in [0.2, 0.25) is 0 Å². The van der Waals surface area contributed by atoms with Crippen molar-refractivity contribution in [2.24, 2.45) is 0 Å². The molecule has 0 saturated carbocycles. The second-order valence-corrected chi connectivity index (χ2v) is 4.58. The van der Waals surface area contributed by atoms with Crippen LogP contribution in [0.1, 0.15) is 25.3 Å². The van der Waals surface area contributed by atoms with E-state index in [-0.39, 0.29) is 6.10 Å². The monoisotopic (exact) mass is 237 g/mol. The van der Waals surface area contributed by atoms with Gasteiger partial charge in [0.25, 0.3) is 0 Å². The van der Waals surface area contributed by atoms with Gasteiger partial charge in [-0.15, -0.1) is 0 Å². The maximum atomic E-state index is 9.18. The number of hydrogen-bond acceptors (Lipinski definition) is 3. The highest BCUT2D eigenvalue weighted by atomic mass is 16.5. The molecule has 0 aromatic heterocycles. The van der Waals surface area contributed by atoms with Crippen molar-refractivity contribution in [3.05, 3.63) is 29.8 Å². The molecule has 1 N–H and O–H groups in total. The van der Waals surface area contributed by atoms with Crippen molar-refractivity contribution in [2.45, 2.75) is 32.4 Å². The standard InChI is InChI=1S/C14H23NO2/c1-12(16)5-4-10-15(2)11-13-6-8-14(17-3)9-7-13/h6-9,12,16H,4-5,10-11H2,1-3H3. The average molecular weight is 237 g/mol. The first-order valence-corrected chi connectivity index (χ1v) is 6.11. The fraction of sp³-hybridized carbons (Fsp3) is 0.571. The van der Waals surface area contributed by atoms with E-state index in [0.29, 0.717) is 0 Å². The molecule has 0 heterocycles. The number of aliphatic hydroxyl groups excluding tert-OH is 1. The molecule has 0 saturated heterocycles. The number of methoxy groups -OCH3 is 1. The summed E-state index contributed by atoms with van der Waals surface area (Å²) in [4.78, 5) is 2.27. The lowest BCUT2D eigenvalue weighted by molar-refractivity contribution is 0.174.